The lowest BCUT2D eigenvalue weighted by atomic mass is 10.1. The summed E-state index contributed by atoms with van der Waals surface area (Å²) >= 11 is 12.4. The van der Waals surface area contributed by atoms with E-state index in [2.05, 4.69) is 13.8 Å². The summed E-state index contributed by atoms with van der Waals surface area (Å²) in [7, 11) is 0. The van der Waals surface area contributed by atoms with Crippen molar-refractivity contribution in [2.24, 2.45) is 5.92 Å². The normalized spacial score (nSPS) is 10.8. The molecule has 2 aromatic rings. The minimum atomic E-state index is -0.904. The minimum Gasteiger partial charge on any atom is -0.492 e. The van der Waals surface area contributed by atoms with Gasteiger partial charge in [0.15, 0.2) is 0 Å². The van der Waals surface area contributed by atoms with E-state index in [4.69, 9.17) is 37.8 Å². The molecular formula is C19H20Cl2O4. The number of carboxylic acids is 1. The van der Waals surface area contributed by atoms with Crippen LogP contribution in [0, 0.1) is 5.92 Å². The van der Waals surface area contributed by atoms with Gasteiger partial charge in [-0.1, -0.05) is 49.2 Å². The summed E-state index contributed by atoms with van der Waals surface area (Å²) in [6, 6.07) is 10.5. The van der Waals surface area contributed by atoms with Crippen molar-refractivity contribution in [2.75, 3.05) is 6.61 Å². The highest BCUT2D eigenvalue weighted by molar-refractivity contribution is 6.32. The highest BCUT2D eigenvalue weighted by Gasteiger charge is 2.08. The van der Waals surface area contributed by atoms with E-state index in [-0.39, 0.29) is 6.42 Å². The van der Waals surface area contributed by atoms with Gasteiger partial charge in [-0.25, -0.2) is 0 Å². The molecule has 0 spiro atoms. The number of aliphatic carboxylic acids is 1. The summed E-state index contributed by atoms with van der Waals surface area (Å²) in [6.07, 6.45) is -0.0759. The second-order valence-corrected chi connectivity index (χ2v) is 6.91. The first-order valence-corrected chi connectivity index (χ1v) is 8.65. The molecule has 2 aromatic carbocycles. The molecule has 25 heavy (non-hydrogen) atoms. The number of rotatable bonds is 8. The van der Waals surface area contributed by atoms with E-state index >= 15 is 0 Å². The number of ether oxygens (including phenoxy) is 2. The Labute approximate surface area is 157 Å². The van der Waals surface area contributed by atoms with Gasteiger partial charge in [0.05, 0.1) is 23.1 Å². The van der Waals surface area contributed by atoms with E-state index in [0.717, 1.165) is 5.56 Å². The molecule has 0 bridgehead atoms. The summed E-state index contributed by atoms with van der Waals surface area (Å²) in [5.41, 5.74) is 1.51. The van der Waals surface area contributed by atoms with Crippen LogP contribution in [0.5, 0.6) is 11.5 Å². The molecule has 0 aliphatic carbocycles. The van der Waals surface area contributed by atoms with Crippen LogP contribution < -0.4 is 9.47 Å². The van der Waals surface area contributed by atoms with Gasteiger partial charge in [0.2, 0.25) is 0 Å². The van der Waals surface area contributed by atoms with Crippen molar-refractivity contribution in [3.8, 4) is 11.5 Å². The fourth-order valence-corrected chi connectivity index (χ4v) is 2.63. The summed E-state index contributed by atoms with van der Waals surface area (Å²) in [5, 5.41) is 9.71. The molecule has 0 radical (unpaired) electrons. The largest absolute Gasteiger partial charge is 0.492 e. The van der Waals surface area contributed by atoms with E-state index in [1.807, 2.05) is 12.1 Å². The predicted octanol–water partition coefficient (Wildman–Crippen LogP) is 5.23. The molecule has 0 unspecified atom stereocenters. The Kier molecular flexibility index (Phi) is 6.97. The molecule has 0 heterocycles. The highest BCUT2D eigenvalue weighted by Crippen LogP contribution is 2.29. The Morgan fingerprint density at radius 3 is 2.12 bits per heavy atom. The predicted molar refractivity (Wildman–Crippen MR) is 98.9 cm³/mol. The van der Waals surface area contributed by atoms with Crippen LogP contribution in [0.2, 0.25) is 10.0 Å². The van der Waals surface area contributed by atoms with Crippen molar-refractivity contribution in [3.05, 3.63) is 57.6 Å². The first-order valence-electron chi connectivity index (χ1n) is 7.89. The van der Waals surface area contributed by atoms with E-state index in [1.54, 1.807) is 24.3 Å². The molecule has 0 saturated carbocycles. The average molecular weight is 383 g/mol. The molecule has 0 atom stereocenters. The van der Waals surface area contributed by atoms with Crippen molar-refractivity contribution in [1.82, 2.24) is 0 Å². The van der Waals surface area contributed by atoms with E-state index in [9.17, 15) is 4.79 Å². The number of hydrogen-bond acceptors (Lipinski definition) is 3. The van der Waals surface area contributed by atoms with Gasteiger partial charge in [0, 0.05) is 0 Å². The van der Waals surface area contributed by atoms with Crippen molar-refractivity contribution in [2.45, 2.75) is 26.9 Å². The van der Waals surface area contributed by atoms with Crippen molar-refractivity contribution in [1.29, 1.82) is 0 Å². The standard InChI is InChI=1S/C19H20Cl2O4/c1-12(2)10-24-17-6-4-14(8-16(17)21)11-25-18-5-3-13(7-15(18)20)9-19(22)23/h3-8,12H,9-11H2,1-2H3,(H,22,23). The first kappa shape index (κ1) is 19.4. The van der Waals surface area contributed by atoms with Crippen LogP contribution in [0.1, 0.15) is 25.0 Å². The lowest BCUT2D eigenvalue weighted by molar-refractivity contribution is -0.136. The molecule has 0 aliphatic rings. The molecule has 1 N–H and O–H groups in total. The third-order valence-electron chi connectivity index (χ3n) is 3.31. The Hall–Kier alpha value is -1.91. The van der Waals surface area contributed by atoms with E-state index in [1.165, 1.54) is 0 Å². The van der Waals surface area contributed by atoms with E-state index in [0.29, 0.717) is 46.2 Å². The van der Waals surface area contributed by atoms with Crippen LogP contribution in [0.25, 0.3) is 0 Å². The van der Waals surface area contributed by atoms with Crippen LogP contribution >= 0.6 is 23.2 Å². The fraction of sp³-hybridized carbons (Fsp3) is 0.316. The number of hydrogen-bond donors (Lipinski definition) is 1. The Morgan fingerprint density at radius 1 is 1.00 bits per heavy atom. The van der Waals surface area contributed by atoms with E-state index < -0.39 is 5.97 Å². The van der Waals surface area contributed by atoms with Crippen LogP contribution in [-0.4, -0.2) is 17.7 Å². The topological polar surface area (TPSA) is 55.8 Å². The lowest BCUT2D eigenvalue weighted by Crippen LogP contribution is -2.05. The minimum absolute atomic E-state index is 0.0759. The number of benzene rings is 2. The smallest absolute Gasteiger partial charge is 0.307 e. The highest BCUT2D eigenvalue weighted by atomic mass is 35.5. The van der Waals surface area contributed by atoms with Crippen molar-refractivity contribution < 1.29 is 19.4 Å². The van der Waals surface area contributed by atoms with Gasteiger partial charge >= 0.3 is 5.97 Å². The van der Waals surface area contributed by atoms with Crippen LogP contribution in [0.4, 0.5) is 0 Å². The molecule has 0 aromatic heterocycles. The zero-order valence-corrected chi connectivity index (χ0v) is 15.6. The first-order chi connectivity index (χ1) is 11.8. The second-order valence-electron chi connectivity index (χ2n) is 6.09. The summed E-state index contributed by atoms with van der Waals surface area (Å²) in [4.78, 5) is 10.7. The zero-order valence-electron chi connectivity index (χ0n) is 14.1. The maximum absolute atomic E-state index is 10.7. The third-order valence-corrected chi connectivity index (χ3v) is 3.91. The Bertz CT molecular complexity index is 744. The number of halogens is 2. The summed E-state index contributed by atoms with van der Waals surface area (Å²) < 4.78 is 11.3. The second kappa shape index (κ2) is 8.97. The Morgan fingerprint density at radius 2 is 1.56 bits per heavy atom. The van der Waals surface area contributed by atoms with Crippen LogP contribution in [-0.2, 0) is 17.8 Å². The lowest BCUT2D eigenvalue weighted by Gasteiger charge is -2.12. The van der Waals surface area contributed by atoms with Crippen LogP contribution in [0.15, 0.2) is 36.4 Å². The molecule has 0 amide bonds. The van der Waals surface area contributed by atoms with Crippen molar-refractivity contribution in [3.63, 3.8) is 0 Å². The Balaban J connectivity index is 1.99. The number of carbonyl (C=O) groups is 1. The third kappa shape index (κ3) is 6.15. The van der Waals surface area contributed by atoms with Gasteiger partial charge < -0.3 is 14.6 Å². The number of carboxylic acid groups (broad SMARTS) is 1. The van der Waals surface area contributed by atoms with Gasteiger partial charge in [-0.2, -0.15) is 0 Å². The zero-order chi connectivity index (χ0) is 18.4. The van der Waals surface area contributed by atoms with Gasteiger partial charge in [-0.3, -0.25) is 4.79 Å². The SMILES string of the molecule is CC(C)COc1ccc(COc2ccc(CC(=O)O)cc2Cl)cc1Cl. The van der Waals surface area contributed by atoms with Gasteiger partial charge in [0.25, 0.3) is 0 Å². The molecule has 0 aliphatic heterocycles. The summed E-state index contributed by atoms with van der Waals surface area (Å²) in [6.45, 7) is 5.04. The van der Waals surface area contributed by atoms with Gasteiger partial charge in [0.1, 0.15) is 18.1 Å². The quantitative estimate of drug-likeness (QED) is 0.678. The van der Waals surface area contributed by atoms with Crippen molar-refractivity contribution >= 4 is 29.2 Å². The fourth-order valence-electron chi connectivity index (χ4n) is 2.11. The molecule has 4 nitrogen and oxygen atoms in total. The maximum atomic E-state index is 10.7. The molecule has 2 rings (SSSR count). The summed E-state index contributed by atoms with van der Waals surface area (Å²) in [5.74, 6) is 0.659. The monoisotopic (exact) mass is 382 g/mol. The molecule has 0 fully saturated rings. The van der Waals surface area contributed by atoms with Crippen LogP contribution in [0.3, 0.4) is 0 Å². The molecule has 134 valence electrons. The molecule has 6 heteroatoms. The maximum Gasteiger partial charge on any atom is 0.307 e. The average Bonchev–Trinajstić information content (AvgIpc) is 2.52. The van der Waals surface area contributed by atoms with Gasteiger partial charge in [-0.05, 0) is 41.3 Å². The molecular weight excluding hydrogens is 363 g/mol. The van der Waals surface area contributed by atoms with Gasteiger partial charge in [-0.15, -0.1) is 0 Å². The molecule has 0 saturated heterocycles.